The van der Waals surface area contributed by atoms with Crippen molar-refractivity contribution in [3.05, 3.63) is 48.0 Å². The Kier molecular flexibility index (Phi) is 2.23. The largest absolute Gasteiger partial charge is 0.368 e. The van der Waals surface area contributed by atoms with Gasteiger partial charge in [-0.05, 0) is 17.7 Å². The van der Waals surface area contributed by atoms with Crippen molar-refractivity contribution in [3.63, 3.8) is 0 Å². The van der Waals surface area contributed by atoms with Crippen LogP contribution in [-0.2, 0) is 6.42 Å². The zero-order chi connectivity index (χ0) is 13.5. The molecule has 3 heterocycles. The Labute approximate surface area is 114 Å². The van der Waals surface area contributed by atoms with Crippen molar-refractivity contribution in [2.75, 3.05) is 5.73 Å². The Morgan fingerprint density at radius 3 is 3.00 bits per heavy atom. The number of rotatable bonds is 2. The number of H-pyrrole nitrogens is 2. The van der Waals surface area contributed by atoms with Gasteiger partial charge in [0, 0.05) is 23.5 Å². The van der Waals surface area contributed by atoms with Gasteiger partial charge < -0.3 is 15.7 Å². The standard InChI is InChI=1S/C14H12N6/c15-14-19-11(12-13(20-14)18-7-17-12)6-8-2-1-3-10-9(8)4-5-16-10/h1-5,7,16H,6H2,(H3,15,17,18,19,20). The van der Waals surface area contributed by atoms with Gasteiger partial charge in [-0.3, -0.25) is 0 Å². The summed E-state index contributed by atoms with van der Waals surface area (Å²) in [5, 5.41) is 1.19. The SMILES string of the molecule is Nc1nc(Cc2cccc3[nH]ccc23)c2[nH]cnc2n1. The average molecular weight is 264 g/mol. The van der Waals surface area contributed by atoms with Crippen molar-refractivity contribution in [1.29, 1.82) is 0 Å². The van der Waals surface area contributed by atoms with Crippen molar-refractivity contribution in [3.8, 4) is 0 Å². The van der Waals surface area contributed by atoms with Crippen LogP contribution in [0.15, 0.2) is 36.8 Å². The van der Waals surface area contributed by atoms with E-state index in [1.165, 1.54) is 10.9 Å². The summed E-state index contributed by atoms with van der Waals surface area (Å²) in [5.41, 5.74) is 10.4. The molecule has 98 valence electrons. The third kappa shape index (κ3) is 1.62. The van der Waals surface area contributed by atoms with Crippen LogP contribution in [-0.4, -0.2) is 24.9 Å². The summed E-state index contributed by atoms with van der Waals surface area (Å²) < 4.78 is 0. The fourth-order valence-electron chi connectivity index (χ4n) is 2.52. The maximum absolute atomic E-state index is 5.75. The quantitative estimate of drug-likeness (QED) is 0.516. The van der Waals surface area contributed by atoms with E-state index < -0.39 is 0 Å². The van der Waals surface area contributed by atoms with Crippen molar-refractivity contribution in [2.24, 2.45) is 0 Å². The van der Waals surface area contributed by atoms with E-state index in [0.717, 1.165) is 16.7 Å². The number of imidazole rings is 1. The minimum absolute atomic E-state index is 0.251. The molecule has 4 aromatic rings. The molecule has 1 aromatic carbocycles. The van der Waals surface area contributed by atoms with Crippen molar-refractivity contribution < 1.29 is 0 Å². The first-order valence-corrected chi connectivity index (χ1v) is 6.32. The zero-order valence-electron chi connectivity index (χ0n) is 10.6. The molecule has 0 aliphatic carbocycles. The highest BCUT2D eigenvalue weighted by atomic mass is 15.1. The Hall–Kier alpha value is -2.89. The van der Waals surface area contributed by atoms with E-state index in [1.807, 2.05) is 12.3 Å². The van der Waals surface area contributed by atoms with Gasteiger partial charge in [0.2, 0.25) is 5.95 Å². The molecule has 0 atom stereocenters. The molecule has 0 aliphatic heterocycles. The number of fused-ring (bicyclic) bond motifs is 2. The van der Waals surface area contributed by atoms with Crippen LogP contribution in [0.3, 0.4) is 0 Å². The van der Waals surface area contributed by atoms with Crippen LogP contribution in [0.25, 0.3) is 22.1 Å². The number of aromatic nitrogens is 5. The van der Waals surface area contributed by atoms with E-state index in [-0.39, 0.29) is 5.95 Å². The molecular weight excluding hydrogens is 252 g/mol. The van der Waals surface area contributed by atoms with Gasteiger partial charge in [-0.25, -0.2) is 9.97 Å². The van der Waals surface area contributed by atoms with Crippen LogP contribution < -0.4 is 5.73 Å². The van der Waals surface area contributed by atoms with E-state index in [0.29, 0.717) is 12.1 Å². The second-order valence-electron chi connectivity index (χ2n) is 4.66. The summed E-state index contributed by atoms with van der Waals surface area (Å²) in [6, 6.07) is 8.25. The highest BCUT2D eigenvalue weighted by molar-refractivity contribution is 5.84. The summed E-state index contributed by atoms with van der Waals surface area (Å²) >= 11 is 0. The minimum Gasteiger partial charge on any atom is -0.368 e. The molecule has 3 aromatic heterocycles. The first kappa shape index (κ1) is 11.0. The van der Waals surface area contributed by atoms with Crippen LogP contribution in [0.4, 0.5) is 5.95 Å². The zero-order valence-corrected chi connectivity index (χ0v) is 10.6. The monoisotopic (exact) mass is 264 g/mol. The molecule has 6 nitrogen and oxygen atoms in total. The van der Waals surface area contributed by atoms with Gasteiger partial charge in [0.1, 0.15) is 5.52 Å². The van der Waals surface area contributed by atoms with Gasteiger partial charge in [-0.1, -0.05) is 12.1 Å². The highest BCUT2D eigenvalue weighted by Crippen LogP contribution is 2.22. The van der Waals surface area contributed by atoms with Gasteiger partial charge in [0.15, 0.2) is 5.65 Å². The Balaban J connectivity index is 1.88. The van der Waals surface area contributed by atoms with E-state index in [9.17, 15) is 0 Å². The van der Waals surface area contributed by atoms with Crippen molar-refractivity contribution >= 4 is 28.0 Å². The topological polar surface area (TPSA) is 96.3 Å². The molecule has 4 N–H and O–H groups in total. The normalized spacial score (nSPS) is 11.4. The molecule has 0 saturated carbocycles. The Bertz CT molecular complexity index is 904. The number of nitrogens with two attached hydrogens (primary N) is 1. The first-order chi connectivity index (χ1) is 9.81. The molecule has 0 radical (unpaired) electrons. The fourth-order valence-corrected chi connectivity index (χ4v) is 2.52. The van der Waals surface area contributed by atoms with Gasteiger partial charge >= 0.3 is 0 Å². The maximum atomic E-state index is 5.75. The number of benzene rings is 1. The first-order valence-electron chi connectivity index (χ1n) is 6.32. The molecule has 0 amide bonds. The van der Waals surface area contributed by atoms with E-state index in [2.05, 4.69) is 43.1 Å². The van der Waals surface area contributed by atoms with Crippen LogP contribution in [0.2, 0.25) is 0 Å². The Morgan fingerprint density at radius 2 is 2.05 bits per heavy atom. The lowest BCUT2D eigenvalue weighted by atomic mass is 10.0. The minimum atomic E-state index is 0.251. The summed E-state index contributed by atoms with van der Waals surface area (Å²) in [5.74, 6) is 0.251. The molecule has 0 unspecified atom stereocenters. The summed E-state index contributed by atoms with van der Waals surface area (Å²) in [6.07, 6.45) is 4.23. The fraction of sp³-hybridized carbons (Fsp3) is 0.0714. The predicted octanol–water partition coefficient (Wildman–Crippen LogP) is 2.01. The van der Waals surface area contributed by atoms with Crippen LogP contribution in [0.1, 0.15) is 11.3 Å². The van der Waals surface area contributed by atoms with Crippen molar-refractivity contribution in [1.82, 2.24) is 24.9 Å². The molecule has 4 rings (SSSR count). The number of anilines is 1. The van der Waals surface area contributed by atoms with Crippen LogP contribution in [0.5, 0.6) is 0 Å². The molecule has 0 aliphatic rings. The van der Waals surface area contributed by atoms with Crippen LogP contribution >= 0.6 is 0 Å². The number of nitrogen functional groups attached to an aromatic ring is 1. The third-order valence-electron chi connectivity index (χ3n) is 3.42. The smallest absolute Gasteiger partial charge is 0.222 e. The van der Waals surface area contributed by atoms with E-state index >= 15 is 0 Å². The third-order valence-corrected chi connectivity index (χ3v) is 3.42. The summed E-state index contributed by atoms with van der Waals surface area (Å²) in [4.78, 5) is 18.9. The predicted molar refractivity (Wildman–Crippen MR) is 77.2 cm³/mol. The average Bonchev–Trinajstić information content (AvgIpc) is 3.06. The lowest BCUT2D eigenvalue weighted by Crippen LogP contribution is -2.01. The lowest BCUT2D eigenvalue weighted by molar-refractivity contribution is 1.07. The number of hydrogen-bond acceptors (Lipinski definition) is 4. The number of hydrogen-bond donors (Lipinski definition) is 3. The highest BCUT2D eigenvalue weighted by Gasteiger charge is 2.11. The maximum Gasteiger partial charge on any atom is 0.222 e. The van der Waals surface area contributed by atoms with Crippen LogP contribution in [0, 0.1) is 0 Å². The second-order valence-corrected chi connectivity index (χ2v) is 4.66. The number of nitrogens with one attached hydrogen (secondary N) is 2. The van der Waals surface area contributed by atoms with Gasteiger partial charge in [0.05, 0.1) is 12.0 Å². The molecule has 0 bridgehead atoms. The molecule has 0 saturated heterocycles. The molecule has 0 spiro atoms. The van der Waals surface area contributed by atoms with Gasteiger partial charge in [-0.2, -0.15) is 4.98 Å². The van der Waals surface area contributed by atoms with E-state index in [1.54, 1.807) is 6.33 Å². The summed E-state index contributed by atoms with van der Waals surface area (Å²) in [6.45, 7) is 0. The molecule has 0 fully saturated rings. The van der Waals surface area contributed by atoms with Gasteiger partial charge in [0.25, 0.3) is 0 Å². The number of nitrogens with zero attached hydrogens (tertiary/aromatic N) is 3. The molecule has 20 heavy (non-hydrogen) atoms. The van der Waals surface area contributed by atoms with Gasteiger partial charge in [-0.15, -0.1) is 0 Å². The lowest BCUT2D eigenvalue weighted by Gasteiger charge is -2.05. The summed E-state index contributed by atoms with van der Waals surface area (Å²) in [7, 11) is 0. The van der Waals surface area contributed by atoms with Crippen molar-refractivity contribution in [2.45, 2.75) is 6.42 Å². The van der Waals surface area contributed by atoms with E-state index in [4.69, 9.17) is 5.73 Å². The Morgan fingerprint density at radius 1 is 1.10 bits per heavy atom. The molecular formula is C14H12N6. The molecule has 6 heteroatoms. The number of aromatic amines is 2. The second kappa shape index (κ2) is 4.06.